The molecule has 0 fully saturated rings. The number of furan rings is 1. The second-order valence-electron chi connectivity index (χ2n) is 3.62. The van der Waals surface area contributed by atoms with E-state index in [2.05, 4.69) is 10.2 Å². The van der Waals surface area contributed by atoms with Gasteiger partial charge in [-0.1, -0.05) is 0 Å². The summed E-state index contributed by atoms with van der Waals surface area (Å²) in [7, 11) is 3.99. The highest BCUT2D eigenvalue weighted by Crippen LogP contribution is 2.08. The van der Waals surface area contributed by atoms with Crippen LogP contribution in [0.2, 0.25) is 0 Å². The number of nitrogens with one attached hydrogen (secondary N) is 1. The lowest BCUT2D eigenvalue weighted by atomic mass is 10.3. The van der Waals surface area contributed by atoms with Crippen molar-refractivity contribution in [2.24, 2.45) is 0 Å². The third-order valence-corrected chi connectivity index (χ3v) is 2.19. The van der Waals surface area contributed by atoms with E-state index in [-0.39, 0.29) is 0 Å². The SMILES string of the molecule is CNCCCN(C)Cc1ccc(C=O)o1. The van der Waals surface area contributed by atoms with Crippen LogP contribution in [0.1, 0.15) is 22.7 Å². The zero-order chi connectivity index (χ0) is 11.1. The molecule has 0 saturated heterocycles. The van der Waals surface area contributed by atoms with Crippen LogP contribution in [0, 0.1) is 0 Å². The molecule has 0 spiro atoms. The highest BCUT2D eigenvalue weighted by Gasteiger charge is 2.04. The van der Waals surface area contributed by atoms with Crippen LogP contribution in [-0.4, -0.2) is 38.4 Å². The van der Waals surface area contributed by atoms with Gasteiger partial charge in [-0.15, -0.1) is 0 Å². The van der Waals surface area contributed by atoms with Crippen molar-refractivity contribution in [3.8, 4) is 0 Å². The smallest absolute Gasteiger partial charge is 0.185 e. The van der Waals surface area contributed by atoms with Crippen LogP contribution in [0.25, 0.3) is 0 Å². The van der Waals surface area contributed by atoms with E-state index in [0.29, 0.717) is 5.76 Å². The van der Waals surface area contributed by atoms with Gasteiger partial charge in [0.05, 0.1) is 6.54 Å². The van der Waals surface area contributed by atoms with Gasteiger partial charge in [0.25, 0.3) is 0 Å². The molecule has 0 saturated carbocycles. The summed E-state index contributed by atoms with van der Waals surface area (Å²) >= 11 is 0. The van der Waals surface area contributed by atoms with E-state index in [4.69, 9.17) is 4.42 Å². The first-order valence-corrected chi connectivity index (χ1v) is 5.13. The average molecular weight is 210 g/mol. The number of carbonyl (C=O) groups excluding carboxylic acids is 1. The second-order valence-corrected chi connectivity index (χ2v) is 3.62. The van der Waals surface area contributed by atoms with Crippen LogP contribution in [0.15, 0.2) is 16.5 Å². The first-order chi connectivity index (χ1) is 7.26. The molecule has 1 aromatic heterocycles. The van der Waals surface area contributed by atoms with Crippen molar-refractivity contribution in [1.29, 1.82) is 0 Å². The molecule has 0 aromatic carbocycles. The number of aldehydes is 1. The number of hydrogen-bond acceptors (Lipinski definition) is 4. The first kappa shape index (κ1) is 11.9. The fourth-order valence-electron chi connectivity index (χ4n) is 1.41. The summed E-state index contributed by atoms with van der Waals surface area (Å²) in [5.41, 5.74) is 0. The molecule has 0 aliphatic carbocycles. The van der Waals surface area contributed by atoms with Crippen molar-refractivity contribution in [3.63, 3.8) is 0 Å². The molecule has 0 amide bonds. The minimum Gasteiger partial charge on any atom is -0.457 e. The van der Waals surface area contributed by atoms with Gasteiger partial charge in [-0.25, -0.2) is 0 Å². The van der Waals surface area contributed by atoms with Gasteiger partial charge in [0.15, 0.2) is 12.0 Å². The molecule has 0 radical (unpaired) electrons. The van der Waals surface area contributed by atoms with E-state index in [1.165, 1.54) is 0 Å². The molecule has 1 aromatic rings. The Kier molecular flexibility index (Phi) is 5.07. The molecular formula is C11H18N2O2. The summed E-state index contributed by atoms with van der Waals surface area (Å²) in [5, 5.41) is 3.10. The molecule has 1 rings (SSSR count). The van der Waals surface area contributed by atoms with Crippen molar-refractivity contribution in [2.45, 2.75) is 13.0 Å². The summed E-state index contributed by atoms with van der Waals surface area (Å²) in [6.07, 6.45) is 1.83. The first-order valence-electron chi connectivity index (χ1n) is 5.13. The maximum atomic E-state index is 10.4. The van der Waals surface area contributed by atoms with Gasteiger partial charge in [-0.3, -0.25) is 9.69 Å². The van der Waals surface area contributed by atoms with E-state index in [9.17, 15) is 4.79 Å². The molecule has 0 aliphatic heterocycles. The van der Waals surface area contributed by atoms with E-state index < -0.39 is 0 Å². The third kappa shape index (κ3) is 4.27. The van der Waals surface area contributed by atoms with Crippen LogP contribution in [0.5, 0.6) is 0 Å². The Hall–Kier alpha value is -1.13. The molecule has 0 bridgehead atoms. The van der Waals surface area contributed by atoms with Gasteiger partial charge in [-0.2, -0.15) is 0 Å². The topological polar surface area (TPSA) is 45.5 Å². The predicted octanol–water partition coefficient (Wildman–Crippen LogP) is 1.13. The summed E-state index contributed by atoms with van der Waals surface area (Å²) in [6, 6.07) is 3.54. The zero-order valence-corrected chi connectivity index (χ0v) is 9.32. The van der Waals surface area contributed by atoms with Crippen molar-refractivity contribution < 1.29 is 9.21 Å². The Bertz CT molecular complexity index is 297. The van der Waals surface area contributed by atoms with E-state index in [1.807, 2.05) is 20.2 Å². The van der Waals surface area contributed by atoms with Crippen LogP contribution in [-0.2, 0) is 6.54 Å². The van der Waals surface area contributed by atoms with Gasteiger partial charge in [0.1, 0.15) is 5.76 Å². The Labute approximate surface area is 90.3 Å². The van der Waals surface area contributed by atoms with Crippen molar-refractivity contribution in [2.75, 3.05) is 27.2 Å². The van der Waals surface area contributed by atoms with Crippen LogP contribution in [0.4, 0.5) is 0 Å². The largest absolute Gasteiger partial charge is 0.457 e. The molecule has 1 N–H and O–H groups in total. The van der Waals surface area contributed by atoms with Gasteiger partial charge in [0, 0.05) is 0 Å². The Morgan fingerprint density at radius 3 is 2.93 bits per heavy atom. The van der Waals surface area contributed by atoms with Gasteiger partial charge in [-0.05, 0) is 45.7 Å². The highest BCUT2D eigenvalue weighted by molar-refractivity contribution is 5.70. The molecule has 0 atom stereocenters. The average Bonchev–Trinajstić information content (AvgIpc) is 2.66. The van der Waals surface area contributed by atoms with Crippen molar-refractivity contribution >= 4 is 6.29 Å². The number of nitrogens with zero attached hydrogens (tertiary/aromatic N) is 1. The monoisotopic (exact) mass is 210 g/mol. The minimum atomic E-state index is 0.397. The third-order valence-electron chi connectivity index (χ3n) is 2.19. The molecule has 1 heterocycles. The van der Waals surface area contributed by atoms with E-state index in [1.54, 1.807) is 6.07 Å². The summed E-state index contributed by atoms with van der Waals surface area (Å²) in [6.45, 7) is 2.78. The highest BCUT2D eigenvalue weighted by atomic mass is 16.3. The Balaban J connectivity index is 2.30. The van der Waals surface area contributed by atoms with Gasteiger partial charge < -0.3 is 9.73 Å². The molecule has 84 valence electrons. The zero-order valence-electron chi connectivity index (χ0n) is 9.32. The van der Waals surface area contributed by atoms with Gasteiger partial charge in [0.2, 0.25) is 0 Å². The molecular weight excluding hydrogens is 192 g/mol. The maximum absolute atomic E-state index is 10.4. The Morgan fingerprint density at radius 1 is 1.53 bits per heavy atom. The van der Waals surface area contributed by atoms with Crippen molar-refractivity contribution in [3.05, 3.63) is 23.7 Å². The van der Waals surface area contributed by atoms with E-state index in [0.717, 1.165) is 38.1 Å². The van der Waals surface area contributed by atoms with Crippen LogP contribution < -0.4 is 5.32 Å². The molecule has 15 heavy (non-hydrogen) atoms. The molecule has 4 heteroatoms. The normalized spacial score (nSPS) is 10.9. The minimum absolute atomic E-state index is 0.397. The lowest BCUT2D eigenvalue weighted by Crippen LogP contribution is -2.22. The quantitative estimate of drug-likeness (QED) is 0.541. The number of rotatable bonds is 7. The van der Waals surface area contributed by atoms with Gasteiger partial charge >= 0.3 is 0 Å². The van der Waals surface area contributed by atoms with Crippen LogP contribution in [0.3, 0.4) is 0 Å². The predicted molar refractivity (Wildman–Crippen MR) is 59.0 cm³/mol. The van der Waals surface area contributed by atoms with E-state index >= 15 is 0 Å². The molecule has 4 nitrogen and oxygen atoms in total. The van der Waals surface area contributed by atoms with Crippen LogP contribution >= 0.6 is 0 Å². The molecule has 0 unspecified atom stereocenters. The second kappa shape index (κ2) is 6.37. The lowest BCUT2D eigenvalue weighted by Gasteiger charge is -2.14. The summed E-state index contributed by atoms with van der Waals surface area (Å²) in [5.74, 6) is 1.23. The fourth-order valence-corrected chi connectivity index (χ4v) is 1.41. The Morgan fingerprint density at radius 2 is 2.33 bits per heavy atom. The fraction of sp³-hybridized carbons (Fsp3) is 0.545. The number of hydrogen-bond donors (Lipinski definition) is 1. The summed E-state index contributed by atoms with van der Waals surface area (Å²) in [4.78, 5) is 12.6. The maximum Gasteiger partial charge on any atom is 0.185 e. The van der Waals surface area contributed by atoms with Crippen molar-refractivity contribution in [1.82, 2.24) is 10.2 Å². The summed E-state index contributed by atoms with van der Waals surface area (Å²) < 4.78 is 5.28. The lowest BCUT2D eigenvalue weighted by molar-refractivity contribution is 0.109. The molecule has 0 aliphatic rings. The number of carbonyl (C=O) groups is 1. The standard InChI is InChI=1S/C11H18N2O2/c1-12-6-3-7-13(2)8-10-4-5-11(9-14)15-10/h4-5,9,12H,3,6-8H2,1-2H3.